The van der Waals surface area contributed by atoms with Gasteiger partial charge in [-0.2, -0.15) is 0 Å². The number of thiocarbonyl (C=S) groups is 1. The first-order valence-electron chi connectivity index (χ1n) is 10.6. The number of H-pyrrole nitrogens is 1. The maximum atomic E-state index is 12.8. The number of nitrogens with zero attached hydrogens (tertiary/aromatic N) is 1. The second kappa shape index (κ2) is 10.0. The van der Waals surface area contributed by atoms with E-state index in [-0.39, 0.29) is 11.7 Å². The minimum Gasteiger partial charge on any atom is -0.497 e. The van der Waals surface area contributed by atoms with E-state index in [2.05, 4.69) is 10.3 Å². The predicted molar refractivity (Wildman–Crippen MR) is 130 cm³/mol. The molecule has 1 aliphatic rings. The summed E-state index contributed by atoms with van der Waals surface area (Å²) in [5, 5.41) is 4.71. The van der Waals surface area contributed by atoms with E-state index in [1.807, 2.05) is 53.4 Å². The Morgan fingerprint density at radius 1 is 1.19 bits per heavy atom. The van der Waals surface area contributed by atoms with Gasteiger partial charge in [0.1, 0.15) is 11.5 Å². The standard InChI is InChI=1S/C24H27N3O4S/c1-29-19-6-3-5-18(13-19)25-24(32)27(15-21-7-4-10-31-21)14-17-11-16-12-20(30-2)8-9-22(16)26-23(17)28/h3,5-6,8-9,11-13,21H,4,7,10,14-15H2,1-2H3,(H,25,32)(H,26,28)/t21-/m1/s1. The summed E-state index contributed by atoms with van der Waals surface area (Å²) >= 11 is 5.74. The molecule has 2 N–H and O–H groups in total. The minimum absolute atomic E-state index is 0.0830. The number of nitrogens with one attached hydrogen (secondary N) is 2. The molecule has 7 nitrogen and oxygen atoms in total. The van der Waals surface area contributed by atoms with Gasteiger partial charge in [-0.1, -0.05) is 6.07 Å². The van der Waals surface area contributed by atoms with Crippen LogP contribution in [0, 0.1) is 0 Å². The molecule has 1 saturated heterocycles. The molecule has 2 heterocycles. The topological polar surface area (TPSA) is 75.8 Å². The number of fused-ring (bicyclic) bond motifs is 1. The van der Waals surface area contributed by atoms with Gasteiger partial charge in [-0.3, -0.25) is 4.79 Å². The van der Waals surface area contributed by atoms with Crippen molar-refractivity contribution in [3.05, 3.63) is 64.4 Å². The van der Waals surface area contributed by atoms with Crippen LogP contribution in [-0.2, 0) is 11.3 Å². The molecule has 32 heavy (non-hydrogen) atoms. The Morgan fingerprint density at radius 3 is 2.75 bits per heavy atom. The number of hydrogen-bond acceptors (Lipinski definition) is 5. The molecule has 1 atom stereocenters. The maximum absolute atomic E-state index is 12.8. The first-order chi connectivity index (χ1) is 15.6. The molecular weight excluding hydrogens is 426 g/mol. The number of pyridine rings is 1. The van der Waals surface area contributed by atoms with Gasteiger partial charge in [-0.15, -0.1) is 0 Å². The van der Waals surface area contributed by atoms with Crippen LogP contribution < -0.4 is 20.3 Å². The Hall–Kier alpha value is -3.10. The number of hydrogen-bond donors (Lipinski definition) is 2. The third-order valence-electron chi connectivity index (χ3n) is 5.55. The fourth-order valence-electron chi connectivity index (χ4n) is 3.84. The summed E-state index contributed by atoms with van der Waals surface area (Å²) in [6.45, 7) is 1.72. The quantitative estimate of drug-likeness (QED) is 0.525. The highest BCUT2D eigenvalue weighted by Gasteiger charge is 2.22. The summed E-state index contributed by atoms with van der Waals surface area (Å²) in [4.78, 5) is 17.8. The van der Waals surface area contributed by atoms with Crippen LogP contribution in [0.15, 0.2) is 53.3 Å². The lowest BCUT2D eigenvalue weighted by atomic mass is 10.1. The zero-order chi connectivity index (χ0) is 22.5. The zero-order valence-corrected chi connectivity index (χ0v) is 19.0. The Kier molecular flexibility index (Phi) is 6.92. The summed E-state index contributed by atoms with van der Waals surface area (Å²) in [5.74, 6) is 1.48. The van der Waals surface area contributed by atoms with E-state index >= 15 is 0 Å². The van der Waals surface area contributed by atoms with E-state index in [4.69, 9.17) is 26.4 Å². The Labute approximate surface area is 192 Å². The number of benzene rings is 2. The molecule has 1 aliphatic heterocycles. The van der Waals surface area contributed by atoms with Gasteiger partial charge in [0.15, 0.2) is 5.11 Å². The summed E-state index contributed by atoms with van der Waals surface area (Å²) in [6.07, 6.45) is 2.09. The SMILES string of the molecule is COc1cccc(NC(=S)N(Cc2cc3cc(OC)ccc3[nH]c2=O)C[C@H]2CCCO2)c1. The van der Waals surface area contributed by atoms with Gasteiger partial charge < -0.3 is 29.4 Å². The molecule has 0 radical (unpaired) electrons. The van der Waals surface area contributed by atoms with Crippen molar-refractivity contribution in [3.63, 3.8) is 0 Å². The van der Waals surface area contributed by atoms with Gasteiger partial charge in [0.25, 0.3) is 5.56 Å². The van der Waals surface area contributed by atoms with Gasteiger partial charge in [-0.05, 0) is 61.5 Å². The molecule has 8 heteroatoms. The van der Waals surface area contributed by atoms with Crippen molar-refractivity contribution in [3.8, 4) is 11.5 Å². The van der Waals surface area contributed by atoms with Crippen LogP contribution in [0.3, 0.4) is 0 Å². The van der Waals surface area contributed by atoms with Crippen LogP contribution in [0.1, 0.15) is 18.4 Å². The highest BCUT2D eigenvalue weighted by Crippen LogP contribution is 2.21. The number of aromatic amines is 1. The zero-order valence-electron chi connectivity index (χ0n) is 18.2. The number of anilines is 1. The molecule has 0 unspecified atom stereocenters. The lowest BCUT2D eigenvalue weighted by molar-refractivity contribution is 0.0904. The van der Waals surface area contributed by atoms with E-state index in [0.29, 0.717) is 23.8 Å². The lowest BCUT2D eigenvalue weighted by Gasteiger charge is -2.28. The van der Waals surface area contributed by atoms with Crippen LogP contribution in [0.4, 0.5) is 5.69 Å². The van der Waals surface area contributed by atoms with Gasteiger partial charge in [-0.25, -0.2) is 0 Å². The second-order valence-electron chi connectivity index (χ2n) is 7.75. The van der Waals surface area contributed by atoms with Crippen LogP contribution in [0.5, 0.6) is 11.5 Å². The Bertz CT molecular complexity index is 1160. The van der Waals surface area contributed by atoms with E-state index in [1.165, 1.54) is 0 Å². The van der Waals surface area contributed by atoms with Gasteiger partial charge >= 0.3 is 0 Å². The smallest absolute Gasteiger partial charge is 0.253 e. The Morgan fingerprint density at radius 2 is 2.00 bits per heavy atom. The summed E-state index contributed by atoms with van der Waals surface area (Å²) in [7, 11) is 3.25. The second-order valence-corrected chi connectivity index (χ2v) is 8.14. The normalized spacial score (nSPS) is 15.5. The van der Waals surface area contributed by atoms with Crippen LogP contribution >= 0.6 is 12.2 Å². The molecule has 4 rings (SSSR count). The van der Waals surface area contributed by atoms with Crippen LogP contribution in [-0.4, -0.2) is 48.5 Å². The van der Waals surface area contributed by atoms with Crippen molar-refractivity contribution in [1.29, 1.82) is 0 Å². The van der Waals surface area contributed by atoms with Gasteiger partial charge in [0.05, 0.1) is 26.9 Å². The van der Waals surface area contributed by atoms with Gasteiger partial charge in [0, 0.05) is 41.4 Å². The third-order valence-corrected chi connectivity index (χ3v) is 5.91. The molecule has 1 fully saturated rings. The molecule has 0 amide bonds. The first kappa shape index (κ1) is 22.1. The maximum Gasteiger partial charge on any atom is 0.253 e. The summed E-state index contributed by atoms with van der Waals surface area (Å²) < 4.78 is 16.5. The molecule has 168 valence electrons. The van der Waals surface area contributed by atoms with E-state index < -0.39 is 0 Å². The fourth-order valence-corrected chi connectivity index (χ4v) is 4.09. The largest absolute Gasteiger partial charge is 0.497 e. The molecule has 2 aromatic carbocycles. The third kappa shape index (κ3) is 5.20. The number of rotatable bonds is 7. The van der Waals surface area contributed by atoms with E-state index in [1.54, 1.807) is 14.2 Å². The number of methoxy groups -OCH3 is 2. The monoisotopic (exact) mass is 453 g/mol. The molecule has 0 bridgehead atoms. The van der Waals surface area contributed by atoms with E-state index in [9.17, 15) is 4.79 Å². The predicted octanol–water partition coefficient (Wildman–Crippen LogP) is 3.92. The molecular formula is C24H27N3O4S. The lowest BCUT2D eigenvalue weighted by Crippen LogP contribution is -2.40. The number of aromatic nitrogens is 1. The van der Waals surface area contributed by atoms with Crippen molar-refractivity contribution < 1.29 is 14.2 Å². The molecule has 3 aromatic rings. The summed E-state index contributed by atoms with van der Waals surface area (Å²) in [5.41, 5.74) is 2.08. The van der Waals surface area contributed by atoms with Crippen LogP contribution in [0.2, 0.25) is 0 Å². The average Bonchev–Trinajstić information content (AvgIpc) is 3.32. The van der Waals surface area contributed by atoms with Gasteiger partial charge in [0.2, 0.25) is 0 Å². The molecule has 0 aliphatic carbocycles. The highest BCUT2D eigenvalue weighted by molar-refractivity contribution is 7.80. The van der Waals surface area contributed by atoms with Crippen molar-refractivity contribution in [2.24, 2.45) is 0 Å². The molecule has 0 saturated carbocycles. The van der Waals surface area contributed by atoms with Crippen LogP contribution in [0.25, 0.3) is 10.9 Å². The van der Waals surface area contributed by atoms with Crippen molar-refractivity contribution >= 4 is 33.9 Å². The first-order valence-corrected chi connectivity index (χ1v) is 11.0. The van der Waals surface area contributed by atoms with Crippen molar-refractivity contribution in [2.75, 3.05) is 32.7 Å². The minimum atomic E-state index is -0.135. The fraction of sp³-hybridized carbons (Fsp3) is 0.333. The highest BCUT2D eigenvalue weighted by atomic mass is 32.1. The average molecular weight is 454 g/mol. The summed E-state index contributed by atoms with van der Waals surface area (Å²) in [6, 6.07) is 15.1. The molecule has 0 spiro atoms. The molecule has 1 aromatic heterocycles. The van der Waals surface area contributed by atoms with E-state index in [0.717, 1.165) is 47.5 Å². The number of ether oxygens (including phenoxy) is 3. The van der Waals surface area contributed by atoms with Crippen molar-refractivity contribution in [2.45, 2.75) is 25.5 Å². The van der Waals surface area contributed by atoms with Crippen molar-refractivity contribution in [1.82, 2.24) is 9.88 Å². The Balaban J connectivity index is 1.60.